The Labute approximate surface area is 159 Å². The number of nitrogens with one attached hydrogen (secondary N) is 2. The van der Waals surface area contributed by atoms with Crippen LogP contribution in [0.4, 0.5) is 23.1 Å². The summed E-state index contributed by atoms with van der Waals surface area (Å²) in [6.45, 7) is 2.91. The van der Waals surface area contributed by atoms with Gasteiger partial charge in [0, 0.05) is 36.9 Å². The topological polar surface area (TPSA) is 66.0 Å². The van der Waals surface area contributed by atoms with Crippen LogP contribution in [0.25, 0.3) is 0 Å². The number of hydrogen-bond acceptors (Lipinski definition) is 6. The zero-order valence-corrected chi connectivity index (χ0v) is 15.3. The van der Waals surface area contributed by atoms with Gasteiger partial charge in [-0.25, -0.2) is 4.98 Å². The Morgan fingerprint density at radius 3 is 2.48 bits per heavy atom. The van der Waals surface area contributed by atoms with E-state index in [1.807, 2.05) is 24.3 Å². The Morgan fingerprint density at radius 1 is 0.852 bits per heavy atom. The Hall–Kier alpha value is -3.15. The van der Waals surface area contributed by atoms with Crippen molar-refractivity contribution in [2.45, 2.75) is 25.8 Å². The van der Waals surface area contributed by atoms with Crippen LogP contribution >= 0.6 is 0 Å². The lowest BCUT2D eigenvalue weighted by Crippen LogP contribution is -2.29. The molecule has 1 saturated heterocycles. The predicted octanol–water partition coefficient (Wildman–Crippen LogP) is 4.22. The molecule has 2 N–H and O–H groups in total. The van der Waals surface area contributed by atoms with Gasteiger partial charge >= 0.3 is 0 Å². The van der Waals surface area contributed by atoms with E-state index in [4.69, 9.17) is 0 Å². The molecule has 0 aliphatic carbocycles. The Morgan fingerprint density at radius 2 is 1.70 bits per heavy atom. The molecule has 1 aliphatic heterocycles. The van der Waals surface area contributed by atoms with Gasteiger partial charge in [0.2, 0.25) is 5.95 Å². The maximum absolute atomic E-state index is 4.52. The zero-order valence-electron chi connectivity index (χ0n) is 15.3. The lowest BCUT2D eigenvalue weighted by molar-refractivity contribution is 0.578. The first-order chi connectivity index (χ1) is 13.4. The predicted molar refractivity (Wildman–Crippen MR) is 109 cm³/mol. The van der Waals surface area contributed by atoms with Crippen molar-refractivity contribution < 1.29 is 0 Å². The minimum atomic E-state index is 0.579. The van der Waals surface area contributed by atoms with Gasteiger partial charge in [-0.15, -0.1) is 0 Å². The maximum Gasteiger partial charge on any atom is 0.224 e. The molecule has 0 spiro atoms. The summed E-state index contributed by atoms with van der Waals surface area (Å²) in [6.07, 6.45) is 7.45. The monoisotopic (exact) mass is 360 g/mol. The highest BCUT2D eigenvalue weighted by Gasteiger charge is 2.10. The minimum absolute atomic E-state index is 0.579. The fraction of sp³-hybridized carbons (Fsp3) is 0.286. The van der Waals surface area contributed by atoms with Crippen LogP contribution in [0.2, 0.25) is 0 Å². The van der Waals surface area contributed by atoms with E-state index in [1.54, 1.807) is 12.4 Å². The molecule has 3 aromatic rings. The molecule has 2 aromatic heterocycles. The van der Waals surface area contributed by atoms with Crippen molar-refractivity contribution in [3.05, 3.63) is 66.6 Å². The summed E-state index contributed by atoms with van der Waals surface area (Å²) >= 11 is 0. The third-order valence-corrected chi connectivity index (χ3v) is 4.67. The molecule has 138 valence electrons. The molecular weight excluding hydrogens is 336 g/mol. The smallest absolute Gasteiger partial charge is 0.224 e. The Balaban J connectivity index is 1.37. The van der Waals surface area contributed by atoms with E-state index in [-0.39, 0.29) is 0 Å². The number of hydrogen-bond donors (Lipinski definition) is 2. The number of piperidine rings is 1. The van der Waals surface area contributed by atoms with Crippen LogP contribution in [-0.4, -0.2) is 28.0 Å². The van der Waals surface area contributed by atoms with Crippen LogP contribution in [0.3, 0.4) is 0 Å². The molecular formula is C21H24N6. The number of pyridine rings is 1. The summed E-state index contributed by atoms with van der Waals surface area (Å²) < 4.78 is 0. The summed E-state index contributed by atoms with van der Waals surface area (Å²) in [7, 11) is 0. The standard InChI is InChI=1S/C21H24N6/c1-4-14-27(15-5-1)19-9-7-17(8-10-19)25-20-11-13-23-21(26-20)24-16-18-6-2-3-12-22-18/h2-3,6-13H,1,4-5,14-16H2,(H2,23,24,25,26). The van der Waals surface area contributed by atoms with Gasteiger partial charge in [-0.05, 0) is 61.7 Å². The molecule has 3 heterocycles. The van der Waals surface area contributed by atoms with Crippen molar-refractivity contribution in [1.29, 1.82) is 0 Å². The summed E-state index contributed by atoms with van der Waals surface area (Å²) in [5.41, 5.74) is 3.26. The van der Waals surface area contributed by atoms with Crippen molar-refractivity contribution in [1.82, 2.24) is 15.0 Å². The molecule has 0 amide bonds. The van der Waals surface area contributed by atoms with Crippen molar-refractivity contribution in [3.63, 3.8) is 0 Å². The van der Waals surface area contributed by atoms with Crippen LogP contribution in [0, 0.1) is 0 Å². The van der Waals surface area contributed by atoms with E-state index >= 15 is 0 Å². The number of nitrogens with zero attached hydrogens (tertiary/aromatic N) is 4. The average Bonchev–Trinajstić information content (AvgIpc) is 2.75. The van der Waals surface area contributed by atoms with Gasteiger partial charge < -0.3 is 15.5 Å². The molecule has 0 bridgehead atoms. The maximum atomic E-state index is 4.52. The first kappa shape index (κ1) is 17.3. The fourth-order valence-corrected chi connectivity index (χ4v) is 3.24. The number of anilines is 4. The summed E-state index contributed by atoms with van der Waals surface area (Å²) in [4.78, 5) is 15.5. The van der Waals surface area contributed by atoms with Crippen molar-refractivity contribution in [2.75, 3.05) is 28.6 Å². The van der Waals surface area contributed by atoms with Crippen LogP contribution in [-0.2, 0) is 6.54 Å². The van der Waals surface area contributed by atoms with E-state index in [9.17, 15) is 0 Å². The third-order valence-electron chi connectivity index (χ3n) is 4.67. The SMILES string of the molecule is c1ccc(CNc2nccc(Nc3ccc(N4CCCCC4)cc3)n2)nc1. The van der Waals surface area contributed by atoms with Gasteiger partial charge in [0.05, 0.1) is 12.2 Å². The number of aromatic nitrogens is 3. The van der Waals surface area contributed by atoms with E-state index in [1.165, 1.54) is 24.9 Å². The highest BCUT2D eigenvalue weighted by molar-refractivity contribution is 5.61. The number of benzene rings is 1. The first-order valence-electron chi connectivity index (χ1n) is 9.46. The quantitative estimate of drug-likeness (QED) is 0.686. The van der Waals surface area contributed by atoms with Crippen molar-refractivity contribution in [3.8, 4) is 0 Å². The average molecular weight is 360 g/mol. The third kappa shape index (κ3) is 4.73. The normalized spacial score (nSPS) is 14.0. The minimum Gasteiger partial charge on any atom is -0.372 e. The molecule has 0 saturated carbocycles. The van der Waals surface area contributed by atoms with Gasteiger partial charge in [0.25, 0.3) is 0 Å². The highest BCUT2D eigenvalue weighted by Crippen LogP contribution is 2.23. The second kappa shape index (κ2) is 8.49. The molecule has 6 heteroatoms. The van der Waals surface area contributed by atoms with Gasteiger partial charge in [0.1, 0.15) is 5.82 Å². The van der Waals surface area contributed by atoms with Gasteiger partial charge in [-0.2, -0.15) is 4.98 Å². The molecule has 1 aliphatic rings. The van der Waals surface area contributed by atoms with E-state index in [0.717, 1.165) is 30.3 Å². The summed E-state index contributed by atoms with van der Waals surface area (Å²) in [5.74, 6) is 1.34. The Bertz CT molecular complexity index is 844. The molecule has 0 unspecified atom stereocenters. The second-order valence-corrected chi connectivity index (χ2v) is 6.66. The fourth-order valence-electron chi connectivity index (χ4n) is 3.24. The largest absolute Gasteiger partial charge is 0.372 e. The summed E-state index contributed by atoms with van der Waals surface area (Å²) in [5, 5.41) is 6.56. The zero-order chi connectivity index (χ0) is 18.3. The van der Waals surface area contributed by atoms with E-state index < -0.39 is 0 Å². The second-order valence-electron chi connectivity index (χ2n) is 6.66. The summed E-state index contributed by atoms with van der Waals surface area (Å²) in [6, 6.07) is 16.3. The lowest BCUT2D eigenvalue weighted by Gasteiger charge is -2.28. The van der Waals surface area contributed by atoms with Crippen LogP contribution in [0.5, 0.6) is 0 Å². The Kier molecular flexibility index (Phi) is 5.43. The molecule has 27 heavy (non-hydrogen) atoms. The molecule has 4 rings (SSSR count). The van der Waals surface area contributed by atoms with Crippen LogP contribution in [0.1, 0.15) is 25.0 Å². The molecule has 1 fully saturated rings. The van der Waals surface area contributed by atoms with E-state index in [0.29, 0.717) is 12.5 Å². The highest BCUT2D eigenvalue weighted by atomic mass is 15.1. The van der Waals surface area contributed by atoms with Crippen LogP contribution in [0.15, 0.2) is 60.9 Å². The first-order valence-corrected chi connectivity index (χ1v) is 9.46. The van der Waals surface area contributed by atoms with Gasteiger partial charge in [-0.1, -0.05) is 6.07 Å². The van der Waals surface area contributed by atoms with Crippen molar-refractivity contribution >= 4 is 23.1 Å². The molecule has 6 nitrogen and oxygen atoms in total. The van der Waals surface area contributed by atoms with Crippen LogP contribution < -0.4 is 15.5 Å². The van der Waals surface area contributed by atoms with Gasteiger partial charge in [-0.3, -0.25) is 4.98 Å². The lowest BCUT2D eigenvalue weighted by atomic mass is 10.1. The molecule has 0 radical (unpaired) electrons. The number of rotatable bonds is 6. The molecule has 1 aromatic carbocycles. The van der Waals surface area contributed by atoms with E-state index in [2.05, 4.69) is 54.8 Å². The van der Waals surface area contributed by atoms with Crippen molar-refractivity contribution in [2.24, 2.45) is 0 Å². The van der Waals surface area contributed by atoms with Gasteiger partial charge in [0.15, 0.2) is 0 Å². The molecule has 0 atom stereocenters.